The van der Waals surface area contributed by atoms with Crippen LogP contribution >= 0.6 is 27.3 Å². The molecule has 0 fully saturated rings. The van der Waals surface area contributed by atoms with E-state index in [1.54, 1.807) is 11.3 Å². The van der Waals surface area contributed by atoms with Crippen LogP contribution in [0, 0.1) is 5.92 Å². The molecule has 21 heavy (non-hydrogen) atoms. The van der Waals surface area contributed by atoms with Gasteiger partial charge in [-0.2, -0.15) is 0 Å². The highest BCUT2D eigenvalue weighted by Crippen LogP contribution is 2.22. The second-order valence-electron chi connectivity index (χ2n) is 5.51. The van der Waals surface area contributed by atoms with Crippen LogP contribution < -0.4 is 10.2 Å². The van der Waals surface area contributed by atoms with Crippen molar-refractivity contribution in [2.45, 2.75) is 26.9 Å². The van der Waals surface area contributed by atoms with E-state index in [1.165, 1.54) is 5.56 Å². The number of rotatable bonds is 7. The first kappa shape index (κ1) is 16.4. The molecule has 2 heterocycles. The van der Waals surface area contributed by atoms with Crippen LogP contribution in [0.15, 0.2) is 27.6 Å². The van der Waals surface area contributed by atoms with Crippen molar-refractivity contribution in [3.05, 3.63) is 38.9 Å². The lowest BCUT2D eigenvalue weighted by Crippen LogP contribution is -2.22. The predicted molar refractivity (Wildman–Crippen MR) is 92.7 cm³/mol. The molecule has 0 bridgehead atoms. The largest absolute Gasteiger partial charge is 0.354 e. The van der Waals surface area contributed by atoms with Crippen LogP contribution in [0.3, 0.4) is 0 Å². The number of hydrogen-bond donors (Lipinski definition) is 1. The molecule has 0 spiro atoms. The minimum Gasteiger partial charge on any atom is -0.354 e. The molecule has 0 radical (unpaired) electrons. The summed E-state index contributed by atoms with van der Waals surface area (Å²) in [5, 5.41) is 5.55. The van der Waals surface area contributed by atoms with E-state index < -0.39 is 0 Å². The lowest BCUT2D eigenvalue weighted by atomic mass is 10.2. The Kier molecular flexibility index (Phi) is 6.14. The van der Waals surface area contributed by atoms with Crippen LogP contribution in [0.25, 0.3) is 0 Å². The minimum absolute atomic E-state index is 0.640. The van der Waals surface area contributed by atoms with Crippen LogP contribution in [0.4, 0.5) is 5.82 Å². The van der Waals surface area contributed by atoms with E-state index in [0.29, 0.717) is 5.92 Å². The first-order valence-corrected chi connectivity index (χ1v) is 8.67. The van der Waals surface area contributed by atoms with E-state index >= 15 is 0 Å². The molecule has 0 unspecified atom stereocenters. The molecule has 4 nitrogen and oxygen atoms in total. The smallest absolute Gasteiger partial charge is 0.147 e. The predicted octanol–water partition coefficient (Wildman–Crippen LogP) is 3.68. The summed E-state index contributed by atoms with van der Waals surface area (Å²) < 4.78 is 1.16. The molecule has 0 atom stereocenters. The van der Waals surface area contributed by atoms with E-state index in [9.17, 15) is 0 Å². The average molecular weight is 369 g/mol. The van der Waals surface area contributed by atoms with Gasteiger partial charge >= 0.3 is 0 Å². The Hall–Kier alpha value is -0.980. The summed E-state index contributed by atoms with van der Waals surface area (Å²) in [6.07, 6.45) is 3.64. The van der Waals surface area contributed by atoms with Crippen LogP contribution in [-0.4, -0.2) is 23.6 Å². The molecule has 2 aromatic rings. The summed E-state index contributed by atoms with van der Waals surface area (Å²) in [7, 11) is 2.04. The minimum atomic E-state index is 0.640. The molecule has 2 aromatic heterocycles. The molecular formula is C15H21BrN4S. The third kappa shape index (κ3) is 5.37. The molecule has 0 saturated heterocycles. The first-order valence-electron chi connectivity index (χ1n) is 7.00. The highest BCUT2D eigenvalue weighted by Gasteiger charge is 2.07. The number of halogens is 1. The average Bonchev–Trinajstić information content (AvgIpc) is 2.84. The molecule has 0 aliphatic rings. The summed E-state index contributed by atoms with van der Waals surface area (Å²) in [5.74, 6) is 1.54. The van der Waals surface area contributed by atoms with Crippen molar-refractivity contribution < 1.29 is 0 Å². The van der Waals surface area contributed by atoms with Crippen molar-refractivity contribution >= 4 is 33.1 Å². The van der Waals surface area contributed by atoms with E-state index in [0.717, 1.165) is 34.9 Å². The zero-order chi connectivity index (χ0) is 15.2. The molecule has 6 heteroatoms. The first-order chi connectivity index (χ1) is 10.0. The molecule has 0 aliphatic carbocycles. The molecule has 1 N–H and O–H groups in total. The van der Waals surface area contributed by atoms with Gasteiger partial charge in [-0.25, -0.2) is 4.98 Å². The lowest BCUT2D eigenvalue weighted by molar-refractivity contribution is 0.547. The SMILES string of the molecule is CC(C)CNCc1cncc(N(C)Cc2csc(Br)c2)n1. The van der Waals surface area contributed by atoms with Crippen molar-refractivity contribution in [2.75, 3.05) is 18.5 Å². The van der Waals surface area contributed by atoms with Crippen molar-refractivity contribution in [2.24, 2.45) is 5.92 Å². The van der Waals surface area contributed by atoms with Gasteiger partial charge in [-0.15, -0.1) is 11.3 Å². The number of anilines is 1. The number of thiophene rings is 1. The fourth-order valence-electron chi connectivity index (χ4n) is 1.94. The Morgan fingerprint density at radius 1 is 1.38 bits per heavy atom. The van der Waals surface area contributed by atoms with Gasteiger partial charge in [0.25, 0.3) is 0 Å². The maximum Gasteiger partial charge on any atom is 0.147 e. The van der Waals surface area contributed by atoms with Crippen molar-refractivity contribution in [3.63, 3.8) is 0 Å². The van der Waals surface area contributed by atoms with Crippen LogP contribution in [0.2, 0.25) is 0 Å². The van der Waals surface area contributed by atoms with Gasteiger partial charge < -0.3 is 10.2 Å². The zero-order valence-corrected chi connectivity index (χ0v) is 15.0. The summed E-state index contributed by atoms with van der Waals surface area (Å²) >= 11 is 5.20. The summed E-state index contributed by atoms with van der Waals surface area (Å²) in [6, 6.07) is 2.14. The Balaban J connectivity index is 1.95. The maximum absolute atomic E-state index is 4.67. The Morgan fingerprint density at radius 3 is 2.86 bits per heavy atom. The van der Waals surface area contributed by atoms with Gasteiger partial charge in [0.2, 0.25) is 0 Å². The highest BCUT2D eigenvalue weighted by atomic mass is 79.9. The maximum atomic E-state index is 4.67. The van der Waals surface area contributed by atoms with Gasteiger partial charge in [0, 0.05) is 26.3 Å². The van der Waals surface area contributed by atoms with Gasteiger partial charge in [-0.05, 0) is 45.4 Å². The molecule has 114 valence electrons. The molecule has 0 saturated carbocycles. The van der Waals surface area contributed by atoms with E-state index in [4.69, 9.17) is 0 Å². The molecular weight excluding hydrogens is 348 g/mol. The summed E-state index contributed by atoms with van der Waals surface area (Å²) in [5.41, 5.74) is 2.26. The number of hydrogen-bond acceptors (Lipinski definition) is 5. The highest BCUT2D eigenvalue weighted by molar-refractivity contribution is 9.11. The van der Waals surface area contributed by atoms with Gasteiger partial charge in [0.05, 0.1) is 15.7 Å². The number of nitrogens with one attached hydrogen (secondary N) is 1. The van der Waals surface area contributed by atoms with Crippen LogP contribution in [-0.2, 0) is 13.1 Å². The van der Waals surface area contributed by atoms with Gasteiger partial charge in [0.1, 0.15) is 5.82 Å². The van der Waals surface area contributed by atoms with Crippen LogP contribution in [0.5, 0.6) is 0 Å². The second kappa shape index (κ2) is 7.87. The summed E-state index contributed by atoms with van der Waals surface area (Å²) in [6.45, 7) is 6.98. The zero-order valence-electron chi connectivity index (χ0n) is 12.6. The Bertz CT molecular complexity index is 570. The second-order valence-corrected chi connectivity index (χ2v) is 7.80. The normalized spacial score (nSPS) is 11.1. The van der Waals surface area contributed by atoms with E-state index in [-0.39, 0.29) is 0 Å². The Morgan fingerprint density at radius 2 is 2.19 bits per heavy atom. The van der Waals surface area contributed by atoms with Crippen molar-refractivity contribution in [1.29, 1.82) is 0 Å². The monoisotopic (exact) mass is 368 g/mol. The fraction of sp³-hybridized carbons (Fsp3) is 0.467. The summed E-state index contributed by atoms with van der Waals surface area (Å²) in [4.78, 5) is 11.1. The van der Waals surface area contributed by atoms with Gasteiger partial charge in [-0.1, -0.05) is 13.8 Å². The third-order valence-corrected chi connectivity index (χ3v) is 4.52. The lowest BCUT2D eigenvalue weighted by Gasteiger charge is -2.17. The molecule has 0 aromatic carbocycles. The van der Waals surface area contributed by atoms with E-state index in [2.05, 4.69) is 61.4 Å². The molecule has 2 rings (SSSR count). The van der Waals surface area contributed by atoms with E-state index in [1.807, 2.05) is 19.4 Å². The standard InChI is InChI=1S/C15H21BrN4S/c1-11(2)5-17-6-13-7-18-8-15(19-13)20(3)9-12-4-14(16)21-10-12/h4,7-8,10-11,17H,5-6,9H2,1-3H3. The Labute approximate surface area is 138 Å². The van der Waals surface area contributed by atoms with Crippen LogP contribution in [0.1, 0.15) is 25.1 Å². The number of aromatic nitrogens is 2. The topological polar surface area (TPSA) is 41.1 Å². The third-order valence-electron chi connectivity index (χ3n) is 2.96. The number of nitrogens with zero attached hydrogens (tertiary/aromatic N) is 3. The fourth-order valence-corrected chi connectivity index (χ4v) is 3.14. The van der Waals surface area contributed by atoms with Crippen molar-refractivity contribution in [1.82, 2.24) is 15.3 Å². The van der Waals surface area contributed by atoms with Gasteiger partial charge in [0.15, 0.2) is 0 Å². The van der Waals surface area contributed by atoms with Crippen molar-refractivity contribution in [3.8, 4) is 0 Å². The quantitative estimate of drug-likeness (QED) is 0.808. The van der Waals surface area contributed by atoms with Gasteiger partial charge in [-0.3, -0.25) is 4.98 Å². The molecule has 0 amide bonds. The molecule has 0 aliphatic heterocycles.